The van der Waals surface area contributed by atoms with Crippen LogP contribution in [0.5, 0.6) is 17.2 Å². The summed E-state index contributed by atoms with van der Waals surface area (Å²) in [7, 11) is 4.00. The quantitative estimate of drug-likeness (QED) is 0.539. The van der Waals surface area contributed by atoms with Crippen molar-refractivity contribution in [2.24, 2.45) is 0 Å². The number of carbonyl (C=O) groups is 2. The fourth-order valence-corrected chi connectivity index (χ4v) is 5.04. The van der Waals surface area contributed by atoms with Gasteiger partial charge in [-0.05, 0) is 43.4 Å². The molecule has 0 spiro atoms. The van der Waals surface area contributed by atoms with Gasteiger partial charge in [0.25, 0.3) is 5.91 Å². The molecule has 2 atom stereocenters. The number of likely N-dealkylation sites (tertiary alicyclic amines) is 1. The molecule has 2 aliphatic heterocycles. The molecule has 4 rings (SSSR count). The summed E-state index contributed by atoms with van der Waals surface area (Å²) in [5, 5.41) is 0. The van der Waals surface area contributed by atoms with Crippen LogP contribution in [0.3, 0.4) is 0 Å². The summed E-state index contributed by atoms with van der Waals surface area (Å²) in [6, 6.07) is 10.8. The number of halogens is 2. The predicted molar refractivity (Wildman–Crippen MR) is 125 cm³/mol. The summed E-state index contributed by atoms with van der Waals surface area (Å²) in [5.74, 6) is -5.31. The molecular weight excluding hydrogens is 458 g/mol. The first-order chi connectivity index (χ1) is 16.8. The molecule has 0 aromatic heterocycles. The second-order valence-corrected chi connectivity index (χ2v) is 8.82. The zero-order valence-electron chi connectivity index (χ0n) is 20.1. The second-order valence-electron chi connectivity index (χ2n) is 8.82. The van der Waals surface area contributed by atoms with Crippen LogP contribution in [-0.4, -0.2) is 68.1 Å². The summed E-state index contributed by atoms with van der Waals surface area (Å²) < 4.78 is 46.6. The number of carbonyl (C=O) groups excluding carboxylic acids is 2. The van der Waals surface area contributed by atoms with Crippen LogP contribution in [-0.2, 0) is 21.9 Å². The number of hydrogen-bond acceptors (Lipinski definition) is 5. The van der Waals surface area contributed by atoms with E-state index in [1.165, 1.54) is 26.9 Å². The van der Waals surface area contributed by atoms with Crippen molar-refractivity contribution in [1.29, 1.82) is 0 Å². The minimum absolute atomic E-state index is 0.0246. The highest BCUT2D eigenvalue weighted by atomic mass is 19.3. The third-order valence-corrected chi connectivity index (χ3v) is 6.80. The fourth-order valence-electron chi connectivity index (χ4n) is 5.04. The maximum atomic E-state index is 15.5. The van der Waals surface area contributed by atoms with E-state index in [9.17, 15) is 9.59 Å². The van der Waals surface area contributed by atoms with Gasteiger partial charge in [-0.1, -0.05) is 30.3 Å². The van der Waals surface area contributed by atoms with E-state index in [1.807, 2.05) is 30.3 Å². The van der Waals surface area contributed by atoms with Crippen molar-refractivity contribution in [2.45, 2.75) is 43.7 Å². The van der Waals surface area contributed by atoms with Gasteiger partial charge >= 0.3 is 5.92 Å². The third kappa shape index (κ3) is 4.63. The van der Waals surface area contributed by atoms with Crippen molar-refractivity contribution in [1.82, 2.24) is 9.80 Å². The number of fused-ring (bicyclic) bond motifs is 2. The molecule has 2 aromatic rings. The van der Waals surface area contributed by atoms with E-state index in [4.69, 9.17) is 14.2 Å². The normalized spacial score (nSPS) is 19.6. The van der Waals surface area contributed by atoms with Crippen LogP contribution in [0.15, 0.2) is 42.5 Å². The minimum Gasteiger partial charge on any atom is -0.493 e. The number of benzene rings is 2. The number of aryl methyl sites for hydroxylation is 1. The summed E-state index contributed by atoms with van der Waals surface area (Å²) >= 11 is 0. The smallest absolute Gasteiger partial charge is 0.350 e. The molecule has 2 aliphatic rings. The van der Waals surface area contributed by atoms with Crippen LogP contribution in [0.25, 0.3) is 0 Å². The predicted octanol–water partition coefficient (Wildman–Crippen LogP) is 3.64. The highest BCUT2D eigenvalue weighted by Crippen LogP contribution is 2.44. The van der Waals surface area contributed by atoms with Crippen molar-refractivity contribution in [3.05, 3.63) is 53.6 Å². The van der Waals surface area contributed by atoms with Gasteiger partial charge in [-0.2, -0.15) is 8.78 Å². The molecule has 2 amide bonds. The lowest BCUT2D eigenvalue weighted by atomic mass is 10.0. The van der Waals surface area contributed by atoms with Crippen LogP contribution >= 0.6 is 0 Å². The lowest BCUT2D eigenvalue weighted by molar-refractivity contribution is -0.170. The van der Waals surface area contributed by atoms with Crippen molar-refractivity contribution in [3.63, 3.8) is 0 Å². The van der Waals surface area contributed by atoms with Gasteiger partial charge in [-0.3, -0.25) is 9.59 Å². The standard InChI is InChI=1S/C26H30F2N2O5/c1-33-21-14-18(15-22(34-2)23(21)35-3)26(27,28)25(32)30-19-11-12-20(30)24(31)29(16-19)13-7-10-17-8-5-4-6-9-17/h4-6,8-9,14-15,19-20H,7,10-13,16H2,1-3H3. The Morgan fingerprint density at radius 1 is 1.03 bits per heavy atom. The van der Waals surface area contributed by atoms with Crippen LogP contribution in [0.1, 0.15) is 30.4 Å². The third-order valence-electron chi connectivity index (χ3n) is 6.80. The first-order valence-corrected chi connectivity index (χ1v) is 11.7. The van der Waals surface area contributed by atoms with Crippen LogP contribution in [0, 0.1) is 0 Å². The van der Waals surface area contributed by atoms with E-state index in [1.54, 1.807) is 4.90 Å². The number of alkyl halides is 2. The first kappa shape index (κ1) is 24.8. The van der Waals surface area contributed by atoms with E-state index in [0.717, 1.165) is 29.9 Å². The molecule has 2 heterocycles. The van der Waals surface area contributed by atoms with E-state index in [2.05, 4.69) is 0 Å². The molecule has 2 bridgehead atoms. The van der Waals surface area contributed by atoms with Gasteiger partial charge in [0.05, 0.1) is 27.4 Å². The first-order valence-electron chi connectivity index (χ1n) is 11.7. The maximum absolute atomic E-state index is 15.5. The monoisotopic (exact) mass is 488 g/mol. The molecule has 188 valence electrons. The molecule has 9 heteroatoms. The van der Waals surface area contributed by atoms with Crippen LogP contribution < -0.4 is 14.2 Å². The summed E-state index contributed by atoms with van der Waals surface area (Å²) in [5.41, 5.74) is 0.607. The van der Waals surface area contributed by atoms with E-state index in [-0.39, 0.29) is 29.7 Å². The number of amides is 2. The highest BCUT2D eigenvalue weighted by molar-refractivity contribution is 5.93. The van der Waals surface area contributed by atoms with Gasteiger partial charge in [0.15, 0.2) is 11.5 Å². The molecular formula is C26H30F2N2O5. The molecule has 2 fully saturated rings. The molecule has 2 saturated heterocycles. The van der Waals surface area contributed by atoms with Crippen molar-refractivity contribution >= 4 is 11.8 Å². The Hall–Kier alpha value is -3.36. The average molecular weight is 489 g/mol. The molecule has 2 aromatic carbocycles. The summed E-state index contributed by atoms with van der Waals surface area (Å²) in [6.45, 7) is 0.799. The highest BCUT2D eigenvalue weighted by Gasteiger charge is 2.55. The minimum atomic E-state index is -3.87. The topological polar surface area (TPSA) is 68.3 Å². The molecule has 35 heavy (non-hydrogen) atoms. The van der Waals surface area contributed by atoms with Gasteiger partial charge in [0, 0.05) is 18.7 Å². The van der Waals surface area contributed by atoms with Gasteiger partial charge in [0.1, 0.15) is 6.04 Å². The SMILES string of the molecule is COc1cc(C(F)(F)C(=O)N2C3CCC2C(=O)N(CCCc2ccccc2)C3)cc(OC)c1OC. The van der Waals surface area contributed by atoms with Crippen LogP contribution in [0.2, 0.25) is 0 Å². The van der Waals surface area contributed by atoms with Crippen molar-refractivity contribution in [2.75, 3.05) is 34.4 Å². The molecule has 7 nitrogen and oxygen atoms in total. The molecule has 0 saturated carbocycles. The molecule has 0 aliphatic carbocycles. The van der Waals surface area contributed by atoms with Crippen LogP contribution in [0.4, 0.5) is 8.78 Å². The Morgan fingerprint density at radius 3 is 2.29 bits per heavy atom. The lowest BCUT2D eigenvalue weighted by Gasteiger charge is -2.41. The Balaban J connectivity index is 1.50. The van der Waals surface area contributed by atoms with Gasteiger partial charge < -0.3 is 24.0 Å². The number of piperazine rings is 1. The van der Waals surface area contributed by atoms with E-state index < -0.39 is 29.5 Å². The fraction of sp³-hybridized carbons (Fsp3) is 0.462. The number of hydrogen-bond donors (Lipinski definition) is 0. The van der Waals surface area contributed by atoms with Gasteiger partial charge in [-0.25, -0.2) is 0 Å². The summed E-state index contributed by atoms with van der Waals surface area (Å²) in [4.78, 5) is 29.1. The number of ether oxygens (including phenoxy) is 3. The number of rotatable bonds is 9. The van der Waals surface area contributed by atoms with Gasteiger partial charge in [0.2, 0.25) is 11.7 Å². The zero-order chi connectivity index (χ0) is 25.2. The Bertz CT molecular complexity index is 1050. The van der Waals surface area contributed by atoms with E-state index >= 15 is 8.78 Å². The Kier molecular flexibility index (Phi) is 7.14. The maximum Gasteiger partial charge on any atom is 0.350 e. The largest absolute Gasteiger partial charge is 0.493 e. The Morgan fingerprint density at radius 2 is 1.69 bits per heavy atom. The molecule has 0 radical (unpaired) electrons. The zero-order valence-corrected chi connectivity index (χ0v) is 20.1. The van der Waals surface area contributed by atoms with Crippen molar-refractivity contribution < 1.29 is 32.6 Å². The second kappa shape index (κ2) is 10.1. The molecule has 0 N–H and O–H groups in total. The lowest BCUT2D eigenvalue weighted by Crippen LogP contribution is -2.61. The average Bonchev–Trinajstić information content (AvgIpc) is 3.22. The summed E-state index contributed by atoms with van der Waals surface area (Å²) in [6.07, 6.45) is 2.49. The number of methoxy groups -OCH3 is 3. The Labute approximate surface area is 203 Å². The number of nitrogens with zero attached hydrogens (tertiary/aromatic N) is 2. The molecule has 2 unspecified atom stereocenters. The van der Waals surface area contributed by atoms with Gasteiger partial charge in [-0.15, -0.1) is 0 Å². The van der Waals surface area contributed by atoms with E-state index in [0.29, 0.717) is 19.4 Å². The van der Waals surface area contributed by atoms with Crippen molar-refractivity contribution in [3.8, 4) is 17.2 Å².